The maximum Gasteiger partial charge on any atom is 0.416 e. The van der Waals surface area contributed by atoms with Crippen LogP contribution in [0.15, 0.2) is 53.3 Å². The molecule has 1 heterocycles. The molecule has 1 unspecified atom stereocenters. The zero-order valence-corrected chi connectivity index (χ0v) is 17.8. The Balaban J connectivity index is 1.55. The topological polar surface area (TPSA) is 68.9 Å². The van der Waals surface area contributed by atoms with Gasteiger partial charge in [-0.25, -0.2) is 9.48 Å². The van der Waals surface area contributed by atoms with Crippen LogP contribution in [0.5, 0.6) is 0 Å². The summed E-state index contributed by atoms with van der Waals surface area (Å²) in [7, 11) is 0. The summed E-state index contributed by atoms with van der Waals surface area (Å²) in [5.74, 6) is -0.0701. The van der Waals surface area contributed by atoms with E-state index in [-0.39, 0.29) is 12.6 Å². The lowest BCUT2D eigenvalue weighted by Crippen LogP contribution is -2.36. The highest BCUT2D eigenvalue weighted by Gasteiger charge is 2.33. The lowest BCUT2D eigenvalue weighted by Gasteiger charge is -2.13. The standard InChI is InChI=1S/C22H20ClF3N4O2/c1-13(20(31)27-12-14-3-2-4-16(11-14)22(24,25)26)30-21(32)29(18-9-10-18)19(28-30)15-5-7-17(23)8-6-15/h2-8,11,13,18H,9-10,12H2,1H3,(H,27,31). The van der Waals surface area contributed by atoms with E-state index in [9.17, 15) is 22.8 Å². The number of benzene rings is 2. The van der Waals surface area contributed by atoms with Crippen molar-refractivity contribution in [3.05, 3.63) is 75.2 Å². The number of alkyl halides is 3. The van der Waals surface area contributed by atoms with Crippen molar-refractivity contribution in [3.8, 4) is 11.4 Å². The molecule has 0 saturated heterocycles. The molecule has 0 aliphatic heterocycles. The first kappa shape index (κ1) is 22.1. The van der Waals surface area contributed by atoms with Gasteiger partial charge in [0.25, 0.3) is 0 Å². The first-order valence-electron chi connectivity index (χ1n) is 10.1. The van der Waals surface area contributed by atoms with Crippen LogP contribution < -0.4 is 11.0 Å². The Morgan fingerprint density at radius 3 is 2.53 bits per heavy atom. The second-order valence-corrected chi connectivity index (χ2v) is 8.19. The monoisotopic (exact) mass is 464 g/mol. The molecule has 6 nitrogen and oxygen atoms in total. The molecule has 3 aromatic rings. The Bertz CT molecular complexity index is 1200. The van der Waals surface area contributed by atoms with Crippen molar-refractivity contribution in [2.45, 2.75) is 44.6 Å². The van der Waals surface area contributed by atoms with Crippen LogP contribution in [-0.4, -0.2) is 20.3 Å². The van der Waals surface area contributed by atoms with E-state index in [4.69, 9.17) is 11.6 Å². The highest BCUT2D eigenvalue weighted by molar-refractivity contribution is 6.30. The first-order chi connectivity index (χ1) is 15.1. The van der Waals surface area contributed by atoms with E-state index < -0.39 is 29.4 Å². The summed E-state index contributed by atoms with van der Waals surface area (Å²) in [6.45, 7) is 1.42. The molecule has 10 heteroatoms. The third-order valence-corrected chi connectivity index (χ3v) is 5.57. The van der Waals surface area contributed by atoms with Gasteiger partial charge < -0.3 is 5.32 Å². The molecule has 1 amide bonds. The third kappa shape index (κ3) is 4.57. The minimum absolute atomic E-state index is 0.0299. The molecule has 1 fully saturated rings. The maximum absolute atomic E-state index is 13.0. The molecule has 0 radical (unpaired) electrons. The zero-order chi connectivity index (χ0) is 23.0. The molecule has 168 valence electrons. The molecule has 32 heavy (non-hydrogen) atoms. The summed E-state index contributed by atoms with van der Waals surface area (Å²) >= 11 is 5.95. The molecule has 1 aliphatic carbocycles. The largest absolute Gasteiger partial charge is 0.416 e. The summed E-state index contributed by atoms with van der Waals surface area (Å²) < 4.78 is 41.4. The fraction of sp³-hybridized carbons (Fsp3) is 0.318. The third-order valence-electron chi connectivity index (χ3n) is 5.31. The Morgan fingerprint density at radius 1 is 1.22 bits per heavy atom. The Labute approximate surface area is 186 Å². The van der Waals surface area contributed by atoms with Crippen LogP contribution in [0.4, 0.5) is 13.2 Å². The number of nitrogens with one attached hydrogen (secondary N) is 1. The van der Waals surface area contributed by atoms with Crippen molar-refractivity contribution in [1.29, 1.82) is 0 Å². The van der Waals surface area contributed by atoms with Gasteiger partial charge in [0.05, 0.1) is 5.56 Å². The normalized spacial score (nSPS) is 14.9. The Morgan fingerprint density at radius 2 is 1.91 bits per heavy atom. The Hall–Kier alpha value is -3.07. The highest BCUT2D eigenvalue weighted by atomic mass is 35.5. The van der Waals surface area contributed by atoms with Crippen molar-refractivity contribution in [2.75, 3.05) is 0 Å². The van der Waals surface area contributed by atoms with E-state index in [2.05, 4.69) is 10.4 Å². The van der Waals surface area contributed by atoms with Gasteiger partial charge in [-0.05, 0) is 61.7 Å². The van der Waals surface area contributed by atoms with Gasteiger partial charge in [-0.2, -0.15) is 13.2 Å². The number of aromatic nitrogens is 3. The second-order valence-electron chi connectivity index (χ2n) is 7.75. The van der Waals surface area contributed by atoms with Crippen molar-refractivity contribution in [3.63, 3.8) is 0 Å². The van der Waals surface area contributed by atoms with Gasteiger partial charge in [-0.1, -0.05) is 23.7 Å². The van der Waals surface area contributed by atoms with E-state index in [0.717, 1.165) is 29.7 Å². The van der Waals surface area contributed by atoms with Gasteiger partial charge >= 0.3 is 11.9 Å². The van der Waals surface area contributed by atoms with E-state index in [1.807, 2.05) is 0 Å². The van der Waals surface area contributed by atoms with Crippen LogP contribution in [-0.2, 0) is 17.5 Å². The predicted molar refractivity (Wildman–Crippen MR) is 113 cm³/mol. The van der Waals surface area contributed by atoms with Crippen molar-refractivity contribution >= 4 is 17.5 Å². The number of carbonyl (C=O) groups excluding carboxylic acids is 1. The van der Waals surface area contributed by atoms with Crippen LogP contribution in [0.3, 0.4) is 0 Å². The van der Waals surface area contributed by atoms with Gasteiger partial charge in [-0.15, -0.1) is 5.10 Å². The van der Waals surface area contributed by atoms with Gasteiger partial charge in [-0.3, -0.25) is 9.36 Å². The second kappa shape index (κ2) is 8.46. The lowest BCUT2D eigenvalue weighted by molar-refractivity contribution is -0.137. The fourth-order valence-electron chi connectivity index (χ4n) is 3.41. The van der Waals surface area contributed by atoms with Crippen molar-refractivity contribution in [2.24, 2.45) is 0 Å². The van der Waals surface area contributed by atoms with Crippen LogP contribution in [0, 0.1) is 0 Å². The molecule has 0 bridgehead atoms. The SMILES string of the molecule is CC(C(=O)NCc1cccc(C(F)(F)F)c1)n1nc(-c2ccc(Cl)cc2)n(C2CC2)c1=O. The zero-order valence-electron chi connectivity index (χ0n) is 17.1. The van der Waals surface area contributed by atoms with Crippen LogP contribution in [0.1, 0.15) is 43.0 Å². The molecule has 1 atom stereocenters. The van der Waals surface area contributed by atoms with Crippen LogP contribution >= 0.6 is 11.6 Å². The molecular weight excluding hydrogens is 445 g/mol. The summed E-state index contributed by atoms with van der Waals surface area (Å²) in [5.41, 5.74) is -0.185. The molecule has 0 spiro atoms. The number of hydrogen-bond donors (Lipinski definition) is 1. The minimum Gasteiger partial charge on any atom is -0.350 e. The van der Waals surface area contributed by atoms with Gasteiger partial charge in [0, 0.05) is 23.2 Å². The van der Waals surface area contributed by atoms with E-state index in [0.29, 0.717) is 22.0 Å². The summed E-state index contributed by atoms with van der Waals surface area (Å²) in [6.07, 6.45) is -2.76. The van der Waals surface area contributed by atoms with E-state index >= 15 is 0 Å². The van der Waals surface area contributed by atoms with Gasteiger partial charge in [0.1, 0.15) is 6.04 Å². The van der Waals surface area contributed by atoms with Crippen LogP contribution in [0.2, 0.25) is 5.02 Å². The predicted octanol–water partition coefficient (Wildman–Crippen LogP) is 4.60. The van der Waals surface area contributed by atoms with E-state index in [1.165, 1.54) is 19.1 Å². The van der Waals surface area contributed by atoms with Crippen LogP contribution in [0.25, 0.3) is 11.4 Å². The number of hydrogen-bond acceptors (Lipinski definition) is 3. The lowest BCUT2D eigenvalue weighted by atomic mass is 10.1. The molecule has 1 aliphatic rings. The number of nitrogens with zero attached hydrogens (tertiary/aromatic N) is 3. The van der Waals surface area contributed by atoms with Crippen molar-refractivity contribution < 1.29 is 18.0 Å². The molecule has 2 aromatic carbocycles. The maximum atomic E-state index is 13.0. The Kier molecular flexibility index (Phi) is 5.85. The smallest absolute Gasteiger partial charge is 0.350 e. The first-order valence-corrected chi connectivity index (χ1v) is 10.4. The quantitative estimate of drug-likeness (QED) is 0.580. The number of amides is 1. The van der Waals surface area contributed by atoms with Gasteiger partial charge in [0.2, 0.25) is 5.91 Å². The number of carbonyl (C=O) groups is 1. The van der Waals surface area contributed by atoms with Gasteiger partial charge in [0.15, 0.2) is 5.82 Å². The molecule has 1 saturated carbocycles. The summed E-state index contributed by atoms with van der Waals surface area (Å²) in [4.78, 5) is 25.7. The summed E-state index contributed by atoms with van der Waals surface area (Å²) in [5, 5.41) is 7.55. The fourth-order valence-corrected chi connectivity index (χ4v) is 3.54. The van der Waals surface area contributed by atoms with Crippen molar-refractivity contribution in [1.82, 2.24) is 19.7 Å². The highest BCUT2D eigenvalue weighted by Crippen LogP contribution is 2.37. The summed E-state index contributed by atoms with van der Waals surface area (Å²) in [6, 6.07) is 10.7. The number of halogens is 4. The van der Waals surface area contributed by atoms with E-state index in [1.54, 1.807) is 28.8 Å². The number of rotatable bonds is 6. The molecule has 1 aromatic heterocycles. The molecule has 1 N–H and O–H groups in total. The molecular formula is C22H20ClF3N4O2. The molecule has 4 rings (SSSR count). The average molecular weight is 465 g/mol. The average Bonchev–Trinajstić information content (AvgIpc) is 3.54. The minimum atomic E-state index is -4.46.